The molecule has 0 saturated heterocycles. The third kappa shape index (κ3) is 3.72. The summed E-state index contributed by atoms with van der Waals surface area (Å²) in [5.41, 5.74) is 7.17. The number of nitrogens with two attached hydrogens (primary N) is 1. The Hall–Kier alpha value is -1.06. The lowest BCUT2D eigenvalue weighted by Crippen LogP contribution is -2.42. The summed E-state index contributed by atoms with van der Waals surface area (Å²) < 4.78 is 0. The predicted molar refractivity (Wildman–Crippen MR) is 74.7 cm³/mol. The number of anilines is 1. The highest BCUT2D eigenvalue weighted by Crippen LogP contribution is 2.21. The van der Waals surface area contributed by atoms with E-state index in [2.05, 4.69) is 0 Å². The lowest BCUT2D eigenvalue weighted by molar-refractivity contribution is -0.125. The molecule has 0 bridgehead atoms. The number of rotatable bonds is 3. The van der Waals surface area contributed by atoms with Crippen LogP contribution >= 0.6 is 12.4 Å². The van der Waals surface area contributed by atoms with Crippen LogP contribution in [0.5, 0.6) is 0 Å². The molecule has 0 radical (unpaired) electrons. The monoisotopic (exact) mass is 256 g/mol. The third-order valence-electron chi connectivity index (χ3n) is 2.82. The zero-order valence-electron chi connectivity index (χ0n) is 10.9. The smallest absolute Gasteiger partial charge is 0.233 e. The molecular weight excluding hydrogens is 236 g/mol. The molecule has 96 valence electrons. The van der Waals surface area contributed by atoms with E-state index in [1.165, 1.54) is 5.56 Å². The number of carbonyl (C=O) groups excluding carboxylic acids is 1. The highest BCUT2D eigenvalue weighted by molar-refractivity contribution is 5.96. The van der Waals surface area contributed by atoms with Crippen LogP contribution in [-0.2, 0) is 4.79 Å². The average Bonchev–Trinajstić information content (AvgIpc) is 2.28. The van der Waals surface area contributed by atoms with Crippen molar-refractivity contribution in [2.45, 2.75) is 20.8 Å². The number of aryl methyl sites for hydroxylation is 1. The quantitative estimate of drug-likeness (QED) is 0.903. The van der Waals surface area contributed by atoms with E-state index in [0.29, 0.717) is 6.54 Å². The SMILES string of the molecule is Cc1ccc(N(C)C(=O)C(C)(C)CN)cc1.Cl. The maximum atomic E-state index is 12.1. The minimum Gasteiger partial charge on any atom is -0.329 e. The molecule has 3 nitrogen and oxygen atoms in total. The largest absolute Gasteiger partial charge is 0.329 e. The van der Waals surface area contributed by atoms with Crippen molar-refractivity contribution in [1.82, 2.24) is 0 Å². The molecule has 2 N–H and O–H groups in total. The Morgan fingerprint density at radius 3 is 2.18 bits per heavy atom. The molecular formula is C13H21ClN2O. The van der Waals surface area contributed by atoms with Crippen molar-refractivity contribution in [1.29, 1.82) is 0 Å². The summed E-state index contributed by atoms with van der Waals surface area (Å²) in [7, 11) is 1.78. The van der Waals surface area contributed by atoms with Gasteiger partial charge in [0, 0.05) is 19.3 Å². The summed E-state index contributed by atoms with van der Waals surface area (Å²) in [5, 5.41) is 0. The van der Waals surface area contributed by atoms with Crippen molar-refractivity contribution in [2.75, 3.05) is 18.5 Å². The Bertz CT molecular complexity index is 374. The van der Waals surface area contributed by atoms with Gasteiger partial charge in [0.25, 0.3) is 0 Å². The molecule has 0 aromatic heterocycles. The van der Waals surface area contributed by atoms with Crippen molar-refractivity contribution in [3.8, 4) is 0 Å². The van der Waals surface area contributed by atoms with Gasteiger partial charge in [-0.1, -0.05) is 17.7 Å². The molecule has 1 aromatic rings. The summed E-state index contributed by atoms with van der Waals surface area (Å²) >= 11 is 0. The van der Waals surface area contributed by atoms with Crippen LogP contribution < -0.4 is 10.6 Å². The van der Waals surface area contributed by atoms with E-state index in [-0.39, 0.29) is 18.3 Å². The summed E-state index contributed by atoms with van der Waals surface area (Å²) in [6.45, 7) is 6.09. The van der Waals surface area contributed by atoms with E-state index in [9.17, 15) is 4.79 Å². The average molecular weight is 257 g/mol. The molecule has 0 unspecified atom stereocenters. The fourth-order valence-electron chi connectivity index (χ4n) is 1.43. The zero-order chi connectivity index (χ0) is 12.3. The molecule has 4 heteroatoms. The standard InChI is InChI=1S/C13H20N2O.ClH/c1-10-5-7-11(8-6-10)15(4)12(16)13(2,3)9-14;/h5-8H,9,14H2,1-4H3;1H. The highest BCUT2D eigenvalue weighted by Gasteiger charge is 2.29. The van der Waals surface area contributed by atoms with Crippen molar-refractivity contribution >= 4 is 24.0 Å². The first-order valence-electron chi connectivity index (χ1n) is 5.43. The summed E-state index contributed by atoms with van der Waals surface area (Å²) in [5.74, 6) is 0.0406. The van der Waals surface area contributed by atoms with Gasteiger partial charge in [0.05, 0.1) is 5.41 Å². The topological polar surface area (TPSA) is 46.3 Å². The van der Waals surface area contributed by atoms with E-state index in [1.807, 2.05) is 45.0 Å². The molecule has 17 heavy (non-hydrogen) atoms. The second-order valence-electron chi connectivity index (χ2n) is 4.79. The summed E-state index contributed by atoms with van der Waals surface area (Å²) in [6.07, 6.45) is 0. The second-order valence-corrected chi connectivity index (χ2v) is 4.79. The van der Waals surface area contributed by atoms with Crippen LogP contribution in [-0.4, -0.2) is 19.5 Å². The number of hydrogen-bond acceptors (Lipinski definition) is 2. The van der Waals surface area contributed by atoms with Gasteiger partial charge in [-0.2, -0.15) is 0 Å². The summed E-state index contributed by atoms with van der Waals surface area (Å²) in [4.78, 5) is 13.8. The van der Waals surface area contributed by atoms with Crippen LogP contribution in [0.2, 0.25) is 0 Å². The molecule has 0 aliphatic heterocycles. The van der Waals surface area contributed by atoms with Crippen LogP contribution in [0.3, 0.4) is 0 Å². The van der Waals surface area contributed by atoms with E-state index < -0.39 is 5.41 Å². The van der Waals surface area contributed by atoms with Gasteiger partial charge in [0.2, 0.25) is 5.91 Å². The number of nitrogens with zero attached hydrogens (tertiary/aromatic N) is 1. The van der Waals surface area contributed by atoms with Crippen LogP contribution in [0, 0.1) is 12.3 Å². The van der Waals surface area contributed by atoms with Crippen LogP contribution in [0.4, 0.5) is 5.69 Å². The number of halogens is 1. The lowest BCUT2D eigenvalue weighted by Gasteiger charge is -2.28. The molecule has 1 aromatic carbocycles. The predicted octanol–water partition coefficient (Wildman–Crippen LogP) is 2.36. The van der Waals surface area contributed by atoms with Crippen molar-refractivity contribution in [3.05, 3.63) is 29.8 Å². The zero-order valence-corrected chi connectivity index (χ0v) is 11.7. The first kappa shape index (κ1) is 15.9. The van der Waals surface area contributed by atoms with Gasteiger partial charge in [-0.3, -0.25) is 4.79 Å². The van der Waals surface area contributed by atoms with Crippen molar-refractivity contribution < 1.29 is 4.79 Å². The normalized spacial score (nSPS) is 10.6. The van der Waals surface area contributed by atoms with E-state index in [4.69, 9.17) is 5.73 Å². The first-order chi connectivity index (χ1) is 7.38. The van der Waals surface area contributed by atoms with Gasteiger partial charge in [-0.15, -0.1) is 12.4 Å². The Labute approximate surface area is 109 Å². The van der Waals surface area contributed by atoms with E-state index in [0.717, 1.165) is 5.69 Å². The fourth-order valence-corrected chi connectivity index (χ4v) is 1.43. The fraction of sp³-hybridized carbons (Fsp3) is 0.462. The van der Waals surface area contributed by atoms with Gasteiger partial charge < -0.3 is 10.6 Å². The highest BCUT2D eigenvalue weighted by atomic mass is 35.5. The van der Waals surface area contributed by atoms with Gasteiger partial charge >= 0.3 is 0 Å². The van der Waals surface area contributed by atoms with Crippen molar-refractivity contribution in [2.24, 2.45) is 11.1 Å². The van der Waals surface area contributed by atoms with Gasteiger partial charge in [0.1, 0.15) is 0 Å². The Morgan fingerprint density at radius 1 is 1.29 bits per heavy atom. The number of hydrogen-bond donors (Lipinski definition) is 1. The Kier molecular flexibility index (Phi) is 5.66. The number of benzene rings is 1. The molecule has 0 fully saturated rings. The molecule has 1 rings (SSSR count). The van der Waals surface area contributed by atoms with Gasteiger partial charge in [-0.25, -0.2) is 0 Å². The minimum absolute atomic E-state index is 0. The maximum absolute atomic E-state index is 12.1. The third-order valence-corrected chi connectivity index (χ3v) is 2.82. The maximum Gasteiger partial charge on any atom is 0.233 e. The Morgan fingerprint density at radius 2 is 1.76 bits per heavy atom. The van der Waals surface area contributed by atoms with Crippen molar-refractivity contribution in [3.63, 3.8) is 0 Å². The number of amides is 1. The molecule has 0 heterocycles. The first-order valence-corrected chi connectivity index (χ1v) is 5.43. The van der Waals surface area contributed by atoms with Crippen LogP contribution in [0.1, 0.15) is 19.4 Å². The molecule has 1 amide bonds. The number of carbonyl (C=O) groups is 1. The van der Waals surface area contributed by atoms with Crippen LogP contribution in [0.25, 0.3) is 0 Å². The van der Waals surface area contributed by atoms with E-state index in [1.54, 1.807) is 11.9 Å². The molecule has 0 spiro atoms. The lowest BCUT2D eigenvalue weighted by atomic mass is 9.92. The molecule has 0 atom stereocenters. The molecule has 0 aliphatic rings. The summed E-state index contributed by atoms with van der Waals surface area (Å²) in [6, 6.07) is 7.88. The Balaban J connectivity index is 0.00000256. The van der Waals surface area contributed by atoms with Gasteiger partial charge in [0.15, 0.2) is 0 Å². The molecule has 0 saturated carbocycles. The molecule has 0 aliphatic carbocycles. The second kappa shape index (κ2) is 6.03. The van der Waals surface area contributed by atoms with E-state index >= 15 is 0 Å². The van der Waals surface area contributed by atoms with Crippen LogP contribution in [0.15, 0.2) is 24.3 Å². The minimum atomic E-state index is -0.514. The van der Waals surface area contributed by atoms with Gasteiger partial charge in [-0.05, 0) is 32.9 Å².